The molecule has 3 heterocycles. The first-order valence-electron chi connectivity index (χ1n) is 10.5. The van der Waals surface area contributed by atoms with Gasteiger partial charge in [-0.2, -0.15) is 13.2 Å². The third-order valence-corrected chi connectivity index (χ3v) is 6.63. The number of benzene rings is 1. The molecule has 1 unspecified atom stereocenters. The van der Waals surface area contributed by atoms with E-state index < -0.39 is 18.4 Å². The average molecular weight is 437 g/mol. The van der Waals surface area contributed by atoms with Crippen LogP contribution in [0, 0.1) is 6.92 Å². The van der Waals surface area contributed by atoms with Gasteiger partial charge in [0.1, 0.15) is 5.69 Å². The minimum absolute atomic E-state index is 0.0742. The van der Waals surface area contributed by atoms with Gasteiger partial charge in [-0.05, 0) is 51.2 Å². The zero-order valence-electron chi connectivity index (χ0n) is 17.6. The van der Waals surface area contributed by atoms with Crippen LogP contribution in [0.1, 0.15) is 48.7 Å². The fourth-order valence-corrected chi connectivity index (χ4v) is 4.74. The molecule has 0 bridgehead atoms. The molecule has 0 radical (unpaired) electrons. The smallest absolute Gasteiger partial charge is 0.425 e. The number of nitrogens with one attached hydrogen (secondary N) is 1. The molecule has 0 saturated carbocycles. The zero-order valence-corrected chi connectivity index (χ0v) is 17.6. The van der Waals surface area contributed by atoms with Crippen LogP contribution in [0.3, 0.4) is 0 Å². The highest BCUT2D eigenvalue weighted by molar-refractivity contribution is 5.99. The third kappa shape index (κ3) is 3.97. The molecule has 2 amide bonds. The van der Waals surface area contributed by atoms with Crippen molar-refractivity contribution in [2.24, 2.45) is 0 Å². The van der Waals surface area contributed by atoms with Crippen LogP contribution in [-0.4, -0.2) is 64.2 Å². The van der Waals surface area contributed by atoms with Crippen molar-refractivity contribution < 1.29 is 27.5 Å². The van der Waals surface area contributed by atoms with E-state index in [0.717, 1.165) is 36.2 Å². The highest BCUT2D eigenvalue weighted by Crippen LogP contribution is 2.40. The van der Waals surface area contributed by atoms with Gasteiger partial charge in [0.15, 0.2) is 6.10 Å². The van der Waals surface area contributed by atoms with E-state index in [0.29, 0.717) is 25.1 Å². The number of rotatable bonds is 2. The molecule has 1 spiro atoms. The van der Waals surface area contributed by atoms with E-state index in [1.165, 1.54) is 4.90 Å². The van der Waals surface area contributed by atoms with Gasteiger partial charge >= 0.3 is 12.3 Å². The Morgan fingerprint density at radius 2 is 1.87 bits per heavy atom. The van der Waals surface area contributed by atoms with Crippen LogP contribution in [0.4, 0.5) is 18.0 Å². The van der Waals surface area contributed by atoms with E-state index in [-0.39, 0.29) is 24.5 Å². The Bertz CT molecular complexity index is 993. The van der Waals surface area contributed by atoms with Crippen LogP contribution >= 0.6 is 0 Å². The first-order chi connectivity index (χ1) is 14.6. The van der Waals surface area contributed by atoms with Gasteiger partial charge < -0.3 is 19.5 Å². The largest absolute Gasteiger partial charge is 0.437 e. The topological polar surface area (TPSA) is 65.6 Å². The lowest BCUT2D eigenvalue weighted by Gasteiger charge is -2.44. The van der Waals surface area contributed by atoms with Crippen molar-refractivity contribution >= 4 is 22.9 Å². The number of carbonyl (C=O) groups is 2. The number of aromatic amines is 1. The number of hydrogen-bond acceptors (Lipinski definition) is 3. The fourth-order valence-electron chi connectivity index (χ4n) is 4.74. The van der Waals surface area contributed by atoms with Crippen molar-refractivity contribution in [3.63, 3.8) is 0 Å². The monoisotopic (exact) mass is 437 g/mol. The number of H-pyrrole nitrogens is 1. The van der Waals surface area contributed by atoms with Crippen molar-refractivity contribution in [3.05, 3.63) is 35.5 Å². The molecular formula is C22H26F3N3O3. The maximum absolute atomic E-state index is 13.3. The Labute approximate surface area is 178 Å². The second kappa shape index (κ2) is 7.76. The molecule has 1 atom stereocenters. The van der Waals surface area contributed by atoms with E-state index in [1.54, 1.807) is 0 Å². The van der Waals surface area contributed by atoms with Crippen molar-refractivity contribution in [2.75, 3.05) is 19.6 Å². The molecular weight excluding hydrogens is 411 g/mol. The van der Waals surface area contributed by atoms with E-state index in [9.17, 15) is 22.8 Å². The van der Waals surface area contributed by atoms with E-state index in [2.05, 4.69) is 9.72 Å². The Balaban J connectivity index is 1.45. The Kier molecular flexibility index (Phi) is 5.39. The van der Waals surface area contributed by atoms with E-state index in [4.69, 9.17) is 0 Å². The summed E-state index contributed by atoms with van der Waals surface area (Å²) in [4.78, 5) is 31.9. The predicted molar refractivity (Wildman–Crippen MR) is 109 cm³/mol. The van der Waals surface area contributed by atoms with Gasteiger partial charge in [-0.25, -0.2) is 4.79 Å². The number of fused-ring (bicyclic) bond motifs is 1. The normalized spacial score (nSPS) is 19.8. The average Bonchev–Trinajstić information content (AvgIpc) is 3.33. The van der Waals surface area contributed by atoms with Gasteiger partial charge in [0.05, 0.1) is 0 Å². The number of carbonyl (C=O) groups excluding carboxylic acids is 2. The number of likely N-dealkylation sites (tertiary alicyclic amines) is 2. The second-order valence-corrected chi connectivity index (χ2v) is 8.56. The Morgan fingerprint density at radius 1 is 1.16 bits per heavy atom. The number of halogens is 3. The number of ether oxygens (including phenoxy) is 1. The summed E-state index contributed by atoms with van der Waals surface area (Å²) in [5.41, 5.74) is 2.16. The van der Waals surface area contributed by atoms with Gasteiger partial charge in [0.2, 0.25) is 0 Å². The lowest BCUT2D eigenvalue weighted by molar-refractivity contribution is -0.200. The summed E-state index contributed by atoms with van der Waals surface area (Å²) in [5.74, 6) is -0.0742. The number of aryl methyl sites for hydroxylation is 1. The predicted octanol–water partition coefficient (Wildman–Crippen LogP) is 4.63. The number of alkyl halides is 3. The highest BCUT2D eigenvalue weighted by Gasteiger charge is 2.47. The molecule has 2 aliphatic rings. The van der Waals surface area contributed by atoms with Crippen LogP contribution < -0.4 is 0 Å². The number of piperidine rings is 1. The van der Waals surface area contributed by atoms with E-state index >= 15 is 0 Å². The molecule has 31 heavy (non-hydrogen) atoms. The van der Waals surface area contributed by atoms with Crippen LogP contribution in [0.25, 0.3) is 10.9 Å². The SMILES string of the molecule is Cc1cccc2cc(C(=O)N3CCCC34CCN(C(=O)OC(C)C(F)(F)F)CC4)[nH]c12. The zero-order chi connectivity index (χ0) is 22.4. The summed E-state index contributed by atoms with van der Waals surface area (Å²) >= 11 is 0. The Morgan fingerprint density at radius 3 is 2.52 bits per heavy atom. The molecule has 168 valence electrons. The van der Waals surface area contributed by atoms with Gasteiger partial charge in [-0.1, -0.05) is 18.2 Å². The Hall–Kier alpha value is -2.71. The first-order valence-corrected chi connectivity index (χ1v) is 10.5. The number of nitrogens with zero attached hydrogens (tertiary/aromatic N) is 2. The molecule has 1 N–H and O–H groups in total. The number of aromatic nitrogens is 1. The lowest BCUT2D eigenvalue weighted by atomic mass is 9.85. The molecule has 2 fully saturated rings. The third-order valence-electron chi connectivity index (χ3n) is 6.63. The van der Waals surface area contributed by atoms with Gasteiger partial charge in [0.25, 0.3) is 5.91 Å². The van der Waals surface area contributed by atoms with E-state index in [1.807, 2.05) is 36.1 Å². The summed E-state index contributed by atoms with van der Waals surface area (Å²) in [7, 11) is 0. The molecule has 9 heteroatoms. The number of amides is 2. The molecule has 2 aliphatic heterocycles. The molecule has 2 aromatic rings. The highest BCUT2D eigenvalue weighted by atomic mass is 19.4. The van der Waals surface area contributed by atoms with Crippen LogP contribution in [0.5, 0.6) is 0 Å². The van der Waals surface area contributed by atoms with Gasteiger partial charge in [0, 0.05) is 36.1 Å². The van der Waals surface area contributed by atoms with Gasteiger partial charge in [-0.3, -0.25) is 4.79 Å². The summed E-state index contributed by atoms with van der Waals surface area (Å²) < 4.78 is 42.6. The minimum atomic E-state index is -4.58. The maximum atomic E-state index is 13.3. The van der Waals surface area contributed by atoms with Crippen molar-refractivity contribution in [1.82, 2.24) is 14.8 Å². The summed E-state index contributed by atoms with van der Waals surface area (Å²) in [6, 6.07) is 7.76. The van der Waals surface area contributed by atoms with Crippen LogP contribution in [0.15, 0.2) is 24.3 Å². The van der Waals surface area contributed by atoms with Crippen LogP contribution in [-0.2, 0) is 4.74 Å². The van der Waals surface area contributed by atoms with Crippen LogP contribution in [0.2, 0.25) is 0 Å². The van der Waals surface area contributed by atoms with Crippen molar-refractivity contribution in [3.8, 4) is 0 Å². The lowest BCUT2D eigenvalue weighted by Crippen LogP contribution is -2.55. The summed E-state index contributed by atoms with van der Waals surface area (Å²) in [6.45, 7) is 3.96. The fraction of sp³-hybridized carbons (Fsp3) is 0.545. The summed E-state index contributed by atoms with van der Waals surface area (Å²) in [6.07, 6.45) is -4.96. The minimum Gasteiger partial charge on any atom is -0.437 e. The van der Waals surface area contributed by atoms with Crippen molar-refractivity contribution in [1.29, 1.82) is 0 Å². The van der Waals surface area contributed by atoms with Gasteiger partial charge in [-0.15, -0.1) is 0 Å². The molecule has 6 nitrogen and oxygen atoms in total. The molecule has 2 saturated heterocycles. The first kappa shape index (κ1) is 21.5. The molecule has 1 aromatic heterocycles. The molecule has 0 aliphatic carbocycles. The standard InChI is InChI=1S/C22H26F3N3O3/c1-14-5-3-6-16-13-17(26-18(14)16)19(29)28-10-4-7-21(28)8-11-27(12-9-21)20(30)31-15(2)22(23,24)25/h3,5-6,13,15,26H,4,7-12H2,1-2H3. The number of para-hydroxylation sites is 1. The quantitative estimate of drug-likeness (QED) is 0.745. The second-order valence-electron chi connectivity index (χ2n) is 8.56. The maximum Gasteiger partial charge on any atom is 0.425 e. The van der Waals surface area contributed by atoms with Crippen molar-refractivity contribution in [2.45, 2.75) is 57.3 Å². The molecule has 1 aromatic carbocycles. The summed E-state index contributed by atoms with van der Waals surface area (Å²) in [5, 5.41) is 0.980. The molecule has 4 rings (SSSR count). The number of hydrogen-bond donors (Lipinski definition) is 1.